The Balaban J connectivity index is 1.40. The molecule has 0 bridgehead atoms. The van der Waals surface area contributed by atoms with Crippen molar-refractivity contribution in [2.45, 2.75) is 51.6 Å². The number of carbonyl (C=O) groups excluding carboxylic acids is 1. The molecule has 192 valence electrons. The highest BCUT2D eigenvalue weighted by Crippen LogP contribution is 2.41. The Kier molecular flexibility index (Phi) is 8.54. The summed E-state index contributed by atoms with van der Waals surface area (Å²) in [5.41, 5.74) is 4.50. The van der Waals surface area contributed by atoms with Crippen molar-refractivity contribution in [3.63, 3.8) is 0 Å². The molecule has 1 saturated heterocycles. The van der Waals surface area contributed by atoms with Crippen LogP contribution in [-0.4, -0.2) is 47.7 Å². The number of ether oxygens (including phenoxy) is 1. The lowest BCUT2D eigenvalue weighted by Crippen LogP contribution is -2.48. The van der Waals surface area contributed by atoms with Crippen molar-refractivity contribution < 1.29 is 19.1 Å². The Bertz CT molecular complexity index is 1160. The first-order valence-corrected chi connectivity index (χ1v) is 12.7. The number of amides is 1. The summed E-state index contributed by atoms with van der Waals surface area (Å²) in [6.07, 6.45) is 4.27. The number of hydrogen-bond donors (Lipinski definition) is 2. The molecule has 2 aromatic carbocycles. The third-order valence-corrected chi connectivity index (χ3v) is 7.68. The van der Waals surface area contributed by atoms with E-state index in [1.807, 2.05) is 36.7 Å². The van der Waals surface area contributed by atoms with Crippen LogP contribution in [0, 0.1) is 12.3 Å². The van der Waals surface area contributed by atoms with Gasteiger partial charge in [0.1, 0.15) is 11.9 Å². The first-order chi connectivity index (χ1) is 17.5. The van der Waals surface area contributed by atoms with Gasteiger partial charge in [-0.25, -0.2) is 9.87 Å². The van der Waals surface area contributed by atoms with Crippen LogP contribution in [0.25, 0.3) is 10.9 Å². The van der Waals surface area contributed by atoms with E-state index in [4.69, 9.17) is 4.74 Å². The Morgan fingerprint density at radius 1 is 1.22 bits per heavy atom. The molecule has 7 heteroatoms. The number of aryl methyl sites for hydroxylation is 2. The van der Waals surface area contributed by atoms with E-state index >= 15 is 4.39 Å². The minimum Gasteiger partial charge on any atom is -0.497 e. The summed E-state index contributed by atoms with van der Waals surface area (Å²) in [5.74, 6) is 0.246. The molecular weight excluding hydrogens is 457 g/mol. The number of rotatable bonds is 10. The van der Waals surface area contributed by atoms with Gasteiger partial charge in [0.15, 0.2) is 0 Å². The molecule has 1 aliphatic heterocycles. The lowest BCUT2D eigenvalue weighted by molar-refractivity contribution is -0.143. The zero-order chi connectivity index (χ0) is 25.5. The summed E-state index contributed by atoms with van der Waals surface area (Å²) >= 11 is 0. The molecule has 0 radical (unpaired) electrons. The number of halogens is 1. The van der Waals surface area contributed by atoms with Gasteiger partial charge in [0, 0.05) is 11.6 Å². The molecule has 6 nitrogen and oxygen atoms in total. The molecular formula is C29H36FN3O3. The van der Waals surface area contributed by atoms with E-state index < -0.39 is 17.5 Å². The van der Waals surface area contributed by atoms with Crippen LogP contribution in [0.2, 0.25) is 0 Å². The average Bonchev–Trinajstić information content (AvgIpc) is 2.92. The smallest absolute Gasteiger partial charge is 0.249 e. The fourth-order valence-electron chi connectivity index (χ4n) is 5.45. The van der Waals surface area contributed by atoms with E-state index in [-0.39, 0.29) is 6.42 Å². The number of methoxy groups -OCH3 is 1. The van der Waals surface area contributed by atoms with Crippen LogP contribution in [-0.2, 0) is 11.2 Å². The zero-order valence-electron chi connectivity index (χ0n) is 21.2. The zero-order valence-corrected chi connectivity index (χ0v) is 21.2. The number of likely N-dealkylation sites (tertiary alicyclic amines) is 1. The van der Waals surface area contributed by atoms with E-state index in [0.29, 0.717) is 36.1 Å². The second-order valence-electron chi connectivity index (χ2n) is 9.90. The van der Waals surface area contributed by atoms with Gasteiger partial charge >= 0.3 is 0 Å². The number of aromatic nitrogens is 1. The minimum absolute atomic E-state index is 0.193. The molecule has 0 spiro atoms. The van der Waals surface area contributed by atoms with E-state index in [2.05, 4.69) is 34.1 Å². The average molecular weight is 494 g/mol. The summed E-state index contributed by atoms with van der Waals surface area (Å²) in [7, 11) is 1.59. The number of hydrogen-bond acceptors (Lipinski definition) is 5. The first-order valence-electron chi connectivity index (χ1n) is 12.7. The predicted octanol–water partition coefficient (Wildman–Crippen LogP) is 5.56. The van der Waals surface area contributed by atoms with Crippen molar-refractivity contribution in [1.82, 2.24) is 15.4 Å². The normalized spacial score (nSPS) is 16.6. The van der Waals surface area contributed by atoms with Crippen LogP contribution in [0.3, 0.4) is 0 Å². The predicted molar refractivity (Wildman–Crippen MR) is 139 cm³/mol. The summed E-state index contributed by atoms with van der Waals surface area (Å²) in [5, 5.41) is 10.2. The second kappa shape index (κ2) is 11.8. The molecule has 1 aliphatic rings. The van der Waals surface area contributed by atoms with E-state index in [9.17, 15) is 10.0 Å². The molecule has 1 aromatic heterocycles. The molecule has 36 heavy (non-hydrogen) atoms. The van der Waals surface area contributed by atoms with Crippen molar-refractivity contribution in [3.05, 3.63) is 71.4 Å². The van der Waals surface area contributed by atoms with Gasteiger partial charge in [0.2, 0.25) is 5.91 Å². The van der Waals surface area contributed by atoms with Gasteiger partial charge in [-0.15, -0.1) is 0 Å². The van der Waals surface area contributed by atoms with Gasteiger partial charge in [0.05, 0.1) is 18.0 Å². The Morgan fingerprint density at radius 2 is 1.97 bits per heavy atom. The quantitative estimate of drug-likeness (QED) is 0.286. The van der Waals surface area contributed by atoms with Gasteiger partial charge in [-0.3, -0.25) is 15.0 Å². The van der Waals surface area contributed by atoms with Crippen LogP contribution < -0.4 is 10.2 Å². The van der Waals surface area contributed by atoms with Gasteiger partial charge in [-0.05, 0) is 100.0 Å². The van der Waals surface area contributed by atoms with Crippen LogP contribution in [0.4, 0.5) is 4.39 Å². The van der Waals surface area contributed by atoms with E-state index in [1.54, 1.807) is 13.3 Å². The third kappa shape index (κ3) is 5.85. The lowest BCUT2D eigenvalue weighted by atomic mass is 9.73. The molecule has 1 amide bonds. The number of pyridine rings is 1. The fourth-order valence-corrected chi connectivity index (χ4v) is 5.45. The molecule has 1 atom stereocenters. The summed E-state index contributed by atoms with van der Waals surface area (Å²) in [4.78, 5) is 19.6. The maximum atomic E-state index is 15.8. The molecule has 1 unspecified atom stereocenters. The topological polar surface area (TPSA) is 74.7 Å². The van der Waals surface area contributed by atoms with Crippen molar-refractivity contribution in [2.24, 2.45) is 5.41 Å². The Morgan fingerprint density at radius 3 is 2.67 bits per heavy atom. The number of fused-ring (bicyclic) bond motifs is 1. The number of nitrogens with one attached hydrogen (secondary N) is 1. The van der Waals surface area contributed by atoms with Gasteiger partial charge < -0.3 is 9.64 Å². The van der Waals surface area contributed by atoms with E-state index in [1.165, 1.54) is 5.56 Å². The number of alkyl halides is 1. The number of nitrogens with zero attached hydrogens (tertiary/aromatic N) is 2. The standard InChI is InChI=1S/C29H36FN3O3/c1-21-20-31-26-11-10-23(36-2)19-24(26)27(21)25(30)12-13-29(28(34)32-35)14-17-33(18-15-29)16-6-9-22-7-4-3-5-8-22/h3-5,7-8,10-11,19-20,25,35H,6,9,12-18H2,1-2H3,(H,32,34). The second-order valence-corrected chi connectivity index (χ2v) is 9.90. The van der Waals surface area contributed by atoms with Crippen molar-refractivity contribution in [3.8, 4) is 5.75 Å². The number of benzene rings is 2. The van der Waals surface area contributed by atoms with Gasteiger partial charge in [-0.1, -0.05) is 30.3 Å². The maximum absolute atomic E-state index is 15.8. The summed E-state index contributed by atoms with van der Waals surface area (Å²) < 4.78 is 21.1. The maximum Gasteiger partial charge on any atom is 0.249 e. The summed E-state index contributed by atoms with van der Waals surface area (Å²) in [6.45, 7) is 4.33. The van der Waals surface area contributed by atoms with Crippen molar-refractivity contribution in [2.75, 3.05) is 26.7 Å². The molecule has 1 fully saturated rings. The summed E-state index contributed by atoms with van der Waals surface area (Å²) in [6, 6.07) is 15.9. The fraction of sp³-hybridized carbons (Fsp3) is 0.448. The number of carbonyl (C=O) groups is 1. The minimum atomic E-state index is -1.25. The van der Waals surface area contributed by atoms with Crippen LogP contribution in [0.1, 0.15) is 55.0 Å². The van der Waals surface area contributed by atoms with Crippen LogP contribution in [0.15, 0.2) is 54.7 Å². The molecule has 0 saturated carbocycles. The third-order valence-electron chi connectivity index (χ3n) is 7.68. The van der Waals surface area contributed by atoms with Crippen molar-refractivity contribution in [1.29, 1.82) is 0 Å². The molecule has 2 N–H and O–H groups in total. The first kappa shape index (κ1) is 26.0. The molecule has 4 rings (SSSR count). The lowest BCUT2D eigenvalue weighted by Gasteiger charge is -2.40. The highest BCUT2D eigenvalue weighted by atomic mass is 19.1. The van der Waals surface area contributed by atoms with Crippen molar-refractivity contribution >= 4 is 16.8 Å². The molecule has 2 heterocycles. The highest BCUT2D eigenvalue weighted by Gasteiger charge is 2.41. The highest BCUT2D eigenvalue weighted by molar-refractivity contribution is 5.85. The van der Waals surface area contributed by atoms with Crippen LogP contribution >= 0.6 is 0 Å². The Labute approximate surface area is 212 Å². The van der Waals surface area contributed by atoms with E-state index in [0.717, 1.165) is 43.4 Å². The number of piperidine rings is 1. The monoisotopic (exact) mass is 493 g/mol. The molecule has 3 aromatic rings. The van der Waals surface area contributed by atoms with Gasteiger partial charge in [-0.2, -0.15) is 0 Å². The van der Waals surface area contributed by atoms with Crippen LogP contribution in [0.5, 0.6) is 5.75 Å². The SMILES string of the molecule is COc1ccc2ncc(C)c(C(F)CCC3(C(=O)NO)CCN(CCCc4ccccc4)CC3)c2c1. The largest absolute Gasteiger partial charge is 0.497 e. The number of hydroxylamine groups is 1. The van der Waals surface area contributed by atoms with Gasteiger partial charge in [0.25, 0.3) is 0 Å². The molecule has 0 aliphatic carbocycles. The Hall–Kier alpha value is -3.03.